The predicted molar refractivity (Wildman–Crippen MR) is 159 cm³/mol. The number of methoxy groups -OCH3 is 1. The summed E-state index contributed by atoms with van der Waals surface area (Å²) in [5, 5.41) is 3.39. The van der Waals surface area contributed by atoms with Crippen LogP contribution in [0, 0.1) is 5.92 Å². The van der Waals surface area contributed by atoms with E-state index in [1.54, 1.807) is 48.5 Å². The van der Waals surface area contributed by atoms with E-state index < -0.39 is 28.5 Å². The summed E-state index contributed by atoms with van der Waals surface area (Å²) in [4.78, 5) is 29.2. The van der Waals surface area contributed by atoms with Crippen LogP contribution in [0.3, 0.4) is 0 Å². The van der Waals surface area contributed by atoms with Crippen LogP contribution in [0.1, 0.15) is 25.0 Å². The second-order valence-electron chi connectivity index (χ2n) is 9.90. The number of hydrogen-bond donors (Lipinski definition) is 1. The lowest BCUT2D eigenvalue weighted by molar-refractivity contribution is -0.140. The Morgan fingerprint density at radius 2 is 1.57 bits per heavy atom. The van der Waals surface area contributed by atoms with Gasteiger partial charge in [-0.05, 0) is 35.2 Å². The fourth-order valence-electron chi connectivity index (χ4n) is 4.22. The maximum absolute atomic E-state index is 14.1. The molecule has 0 aliphatic rings. The molecule has 40 heavy (non-hydrogen) atoms. The predicted octanol–water partition coefficient (Wildman–Crippen LogP) is 4.53. The van der Waals surface area contributed by atoms with Gasteiger partial charge in [0.15, 0.2) is 0 Å². The molecular formula is C30H36ClN3O5S. The molecule has 0 unspecified atom stereocenters. The van der Waals surface area contributed by atoms with Crippen LogP contribution in [0.2, 0.25) is 5.02 Å². The third-order valence-corrected chi connectivity index (χ3v) is 7.78. The van der Waals surface area contributed by atoms with Gasteiger partial charge in [0.2, 0.25) is 21.8 Å². The van der Waals surface area contributed by atoms with E-state index in [1.807, 2.05) is 44.2 Å². The van der Waals surface area contributed by atoms with Crippen LogP contribution >= 0.6 is 11.6 Å². The molecule has 0 aromatic heterocycles. The largest absolute Gasteiger partial charge is 0.495 e. The van der Waals surface area contributed by atoms with Gasteiger partial charge in [-0.1, -0.05) is 86.1 Å². The Balaban J connectivity index is 2.08. The van der Waals surface area contributed by atoms with Crippen molar-refractivity contribution >= 4 is 39.1 Å². The Hall–Kier alpha value is -3.56. The average Bonchev–Trinajstić information content (AvgIpc) is 2.93. The Bertz CT molecular complexity index is 1400. The molecule has 0 saturated heterocycles. The molecule has 214 valence electrons. The standard InChI is InChI=1S/C30H36ClN3O5S/c1-22(2)19-32-30(36)27(18-23-12-6-5-7-13-23)33(20-24-14-8-9-15-25(24)31)29(35)21-34(40(4,37)38)26-16-10-11-17-28(26)39-3/h5-17,22,27H,18-21H2,1-4H3,(H,32,36)/t27-/m0/s1. The monoisotopic (exact) mass is 585 g/mol. The zero-order valence-corrected chi connectivity index (χ0v) is 24.8. The summed E-state index contributed by atoms with van der Waals surface area (Å²) in [5.41, 5.74) is 1.71. The van der Waals surface area contributed by atoms with Crippen molar-refractivity contribution in [3.8, 4) is 5.75 Å². The number of carbonyl (C=O) groups excluding carboxylic acids is 2. The van der Waals surface area contributed by atoms with Crippen molar-refractivity contribution in [3.05, 3.63) is 95.0 Å². The smallest absolute Gasteiger partial charge is 0.244 e. The first-order valence-corrected chi connectivity index (χ1v) is 15.2. The lowest BCUT2D eigenvalue weighted by Gasteiger charge is -2.34. The fraction of sp³-hybridized carbons (Fsp3) is 0.333. The third kappa shape index (κ3) is 8.47. The van der Waals surface area contributed by atoms with Crippen LogP contribution in [0.25, 0.3) is 0 Å². The highest BCUT2D eigenvalue weighted by Crippen LogP contribution is 2.30. The maximum atomic E-state index is 14.1. The summed E-state index contributed by atoms with van der Waals surface area (Å²) in [5.74, 6) is -0.396. The third-order valence-electron chi connectivity index (χ3n) is 6.29. The van der Waals surface area contributed by atoms with Crippen molar-refractivity contribution in [3.63, 3.8) is 0 Å². The van der Waals surface area contributed by atoms with E-state index >= 15 is 0 Å². The summed E-state index contributed by atoms with van der Waals surface area (Å²) >= 11 is 6.47. The minimum Gasteiger partial charge on any atom is -0.495 e. The van der Waals surface area contributed by atoms with Crippen molar-refractivity contribution in [2.24, 2.45) is 5.92 Å². The van der Waals surface area contributed by atoms with Gasteiger partial charge in [-0.2, -0.15) is 0 Å². The van der Waals surface area contributed by atoms with E-state index in [2.05, 4.69) is 5.32 Å². The molecule has 2 amide bonds. The Morgan fingerprint density at radius 1 is 0.950 bits per heavy atom. The van der Waals surface area contributed by atoms with E-state index in [0.717, 1.165) is 16.1 Å². The van der Waals surface area contributed by atoms with Gasteiger partial charge in [0, 0.05) is 24.5 Å². The van der Waals surface area contributed by atoms with Crippen LogP contribution < -0.4 is 14.4 Å². The van der Waals surface area contributed by atoms with Gasteiger partial charge in [0.25, 0.3) is 0 Å². The summed E-state index contributed by atoms with van der Waals surface area (Å²) in [6, 6.07) is 22.1. The molecule has 0 fully saturated rings. The van der Waals surface area contributed by atoms with Crippen LogP contribution in [0.4, 0.5) is 5.69 Å². The average molecular weight is 586 g/mol. The zero-order chi connectivity index (χ0) is 29.3. The maximum Gasteiger partial charge on any atom is 0.244 e. The van der Waals surface area contributed by atoms with Crippen molar-refractivity contribution < 1.29 is 22.7 Å². The van der Waals surface area contributed by atoms with Crippen LogP contribution in [-0.2, 0) is 32.6 Å². The van der Waals surface area contributed by atoms with Crippen LogP contribution in [0.15, 0.2) is 78.9 Å². The highest BCUT2D eigenvalue weighted by Gasteiger charge is 2.34. The van der Waals surface area contributed by atoms with Gasteiger partial charge in [0.1, 0.15) is 18.3 Å². The number of ether oxygens (including phenoxy) is 1. The van der Waals surface area contributed by atoms with E-state index in [4.69, 9.17) is 16.3 Å². The molecule has 10 heteroatoms. The van der Waals surface area contributed by atoms with Crippen molar-refractivity contribution in [2.75, 3.05) is 30.8 Å². The second kappa shape index (κ2) is 14.2. The molecule has 3 aromatic rings. The molecule has 3 aromatic carbocycles. The van der Waals surface area contributed by atoms with E-state index in [0.29, 0.717) is 22.9 Å². The van der Waals surface area contributed by atoms with Gasteiger partial charge in [-0.3, -0.25) is 13.9 Å². The number of nitrogens with one attached hydrogen (secondary N) is 1. The molecule has 8 nitrogen and oxygen atoms in total. The number of rotatable bonds is 13. The second-order valence-corrected chi connectivity index (χ2v) is 12.2. The number of carbonyl (C=O) groups is 2. The SMILES string of the molecule is COc1ccccc1N(CC(=O)N(Cc1ccccc1Cl)[C@@H](Cc1ccccc1)C(=O)NCC(C)C)S(C)(=O)=O. The first-order valence-electron chi connectivity index (χ1n) is 13.0. The number of halogens is 1. The molecule has 0 aliphatic heterocycles. The van der Waals surface area contributed by atoms with Crippen molar-refractivity contribution in [2.45, 2.75) is 32.9 Å². The van der Waals surface area contributed by atoms with Crippen molar-refractivity contribution in [1.82, 2.24) is 10.2 Å². The fourth-order valence-corrected chi connectivity index (χ4v) is 5.27. The zero-order valence-electron chi connectivity index (χ0n) is 23.2. The van der Waals surface area contributed by atoms with Gasteiger partial charge in [0.05, 0.1) is 19.1 Å². The quantitative estimate of drug-likeness (QED) is 0.318. The summed E-state index contributed by atoms with van der Waals surface area (Å²) < 4.78 is 32.3. The number of anilines is 1. The van der Waals surface area contributed by atoms with Crippen molar-refractivity contribution in [1.29, 1.82) is 0 Å². The molecule has 0 aliphatic carbocycles. The number of amides is 2. The lowest BCUT2D eigenvalue weighted by atomic mass is 10.0. The Morgan fingerprint density at radius 3 is 2.20 bits per heavy atom. The van der Waals surface area contributed by atoms with Crippen LogP contribution in [-0.4, -0.2) is 57.6 Å². The summed E-state index contributed by atoms with van der Waals surface area (Å²) in [7, 11) is -2.48. The molecule has 1 atom stereocenters. The Kier molecular flexibility index (Phi) is 11.0. The van der Waals surface area contributed by atoms with Crippen LogP contribution in [0.5, 0.6) is 5.75 Å². The topological polar surface area (TPSA) is 96.0 Å². The molecular weight excluding hydrogens is 550 g/mol. The highest BCUT2D eigenvalue weighted by atomic mass is 35.5. The molecule has 0 heterocycles. The summed E-state index contributed by atoms with van der Waals surface area (Å²) in [6.45, 7) is 3.86. The van der Waals surface area contributed by atoms with E-state index in [9.17, 15) is 18.0 Å². The molecule has 0 bridgehead atoms. The normalized spacial score (nSPS) is 12.1. The molecule has 0 saturated carbocycles. The number of para-hydroxylation sites is 2. The minimum atomic E-state index is -3.91. The minimum absolute atomic E-state index is 0.00856. The number of nitrogens with zero attached hydrogens (tertiary/aromatic N) is 2. The Labute approximate surface area is 241 Å². The number of hydrogen-bond acceptors (Lipinski definition) is 5. The van der Waals surface area contributed by atoms with Gasteiger partial charge < -0.3 is 15.0 Å². The number of sulfonamides is 1. The molecule has 0 spiro atoms. The first-order chi connectivity index (χ1) is 19.0. The first kappa shape index (κ1) is 31.0. The van der Waals surface area contributed by atoms with E-state index in [-0.39, 0.29) is 30.5 Å². The number of benzene rings is 3. The van der Waals surface area contributed by atoms with E-state index in [1.165, 1.54) is 12.0 Å². The molecule has 0 radical (unpaired) electrons. The van der Waals surface area contributed by atoms with Gasteiger partial charge >= 0.3 is 0 Å². The molecule has 3 rings (SSSR count). The molecule has 1 N–H and O–H groups in total. The van der Waals surface area contributed by atoms with Gasteiger partial charge in [-0.15, -0.1) is 0 Å². The summed E-state index contributed by atoms with van der Waals surface area (Å²) in [6.07, 6.45) is 1.26. The lowest BCUT2D eigenvalue weighted by Crippen LogP contribution is -2.53. The highest BCUT2D eigenvalue weighted by molar-refractivity contribution is 7.92. The van der Waals surface area contributed by atoms with Gasteiger partial charge in [-0.25, -0.2) is 8.42 Å².